The first-order valence-electron chi connectivity index (χ1n) is 6.57. The monoisotopic (exact) mass is 266 g/mol. The number of anilines is 1. The van der Waals surface area contributed by atoms with E-state index in [4.69, 9.17) is 11.6 Å². The van der Waals surface area contributed by atoms with Gasteiger partial charge in [0.15, 0.2) is 0 Å². The van der Waals surface area contributed by atoms with Crippen LogP contribution in [0.4, 0.5) is 5.69 Å². The fourth-order valence-corrected chi connectivity index (χ4v) is 3.18. The maximum atomic E-state index is 6.38. The van der Waals surface area contributed by atoms with Crippen LogP contribution in [0, 0.1) is 0 Å². The number of halogens is 1. The van der Waals surface area contributed by atoms with Crippen molar-refractivity contribution in [3.8, 4) is 0 Å². The lowest BCUT2D eigenvalue weighted by atomic mass is 9.80. The Morgan fingerprint density at radius 1 is 1.44 bits per heavy atom. The van der Waals surface area contributed by atoms with Crippen molar-refractivity contribution in [1.29, 1.82) is 0 Å². The van der Waals surface area contributed by atoms with Crippen LogP contribution >= 0.6 is 11.6 Å². The van der Waals surface area contributed by atoms with Crippen LogP contribution in [0.2, 0.25) is 5.02 Å². The number of nitrogens with zero attached hydrogens (tertiary/aromatic N) is 1. The lowest BCUT2D eigenvalue weighted by Gasteiger charge is -2.45. The van der Waals surface area contributed by atoms with Gasteiger partial charge in [-0.2, -0.15) is 0 Å². The van der Waals surface area contributed by atoms with Gasteiger partial charge in [-0.05, 0) is 50.4 Å². The fourth-order valence-electron chi connectivity index (χ4n) is 2.96. The van der Waals surface area contributed by atoms with Gasteiger partial charge in [0, 0.05) is 29.8 Å². The molecule has 0 saturated carbocycles. The van der Waals surface area contributed by atoms with Gasteiger partial charge in [-0.3, -0.25) is 0 Å². The zero-order valence-corrected chi connectivity index (χ0v) is 12.7. The molecular formula is C15H23ClN2. The van der Waals surface area contributed by atoms with E-state index in [-0.39, 0.29) is 5.54 Å². The normalized spacial score (nSPS) is 21.9. The highest BCUT2D eigenvalue weighted by Gasteiger charge is 2.34. The number of hydrogen-bond acceptors (Lipinski definition) is 2. The van der Waals surface area contributed by atoms with Gasteiger partial charge >= 0.3 is 0 Å². The minimum Gasteiger partial charge on any atom is -0.369 e. The van der Waals surface area contributed by atoms with Crippen LogP contribution in [0.5, 0.6) is 0 Å². The summed E-state index contributed by atoms with van der Waals surface area (Å²) in [4.78, 5) is 2.36. The molecule has 1 aromatic carbocycles. The number of benzene rings is 1. The molecule has 0 aliphatic carbocycles. The molecule has 3 heteroatoms. The van der Waals surface area contributed by atoms with E-state index in [1.165, 1.54) is 23.2 Å². The number of rotatable bonds is 2. The lowest BCUT2D eigenvalue weighted by Crippen LogP contribution is -2.45. The number of hydrogen-bond donors (Lipinski definition) is 1. The van der Waals surface area contributed by atoms with Crippen LogP contribution in [-0.4, -0.2) is 19.6 Å². The van der Waals surface area contributed by atoms with Gasteiger partial charge in [0.05, 0.1) is 0 Å². The summed E-state index contributed by atoms with van der Waals surface area (Å²) in [6.45, 7) is 7.72. The molecule has 1 aliphatic heterocycles. The van der Waals surface area contributed by atoms with Gasteiger partial charge in [-0.15, -0.1) is 0 Å². The van der Waals surface area contributed by atoms with Crippen molar-refractivity contribution in [2.45, 2.75) is 45.2 Å². The van der Waals surface area contributed by atoms with E-state index in [0.29, 0.717) is 5.92 Å². The Morgan fingerprint density at radius 2 is 2.11 bits per heavy atom. The number of nitrogens with one attached hydrogen (secondary N) is 1. The molecule has 0 bridgehead atoms. The first-order valence-corrected chi connectivity index (χ1v) is 6.95. The molecule has 0 radical (unpaired) electrons. The van der Waals surface area contributed by atoms with E-state index in [0.717, 1.165) is 11.6 Å². The molecule has 1 N–H and O–H groups in total. The quantitative estimate of drug-likeness (QED) is 0.876. The zero-order chi connectivity index (χ0) is 13.5. The first kappa shape index (κ1) is 13.7. The van der Waals surface area contributed by atoms with Crippen molar-refractivity contribution in [3.05, 3.63) is 28.3 Å². The minimum absolute atomic E-state index is 0.195. The predicted octanol–water partition coefficient (Wildman–Crippen LogP) is 3.78. The molecule has 1 heterocycles. The van der Waals surface area contributed by atoms with Gasteiger partial charge in [-0.1, -0.05) is 24.6 Å². The SMILES string of the molecule is CNCc1cc2c(cc1Cl)N(C)C(C)(C)C[C@@H]2C. The highest BCUT2D eigenvalue weighted by molar-refractivity contribution is 6.31. The minimum atomic E-state index is 0.195. The lowest BCUT2D eigenvalue weighted by molar-refractivity contribution is 0.395. The summed E-state index contributed by atoms with van der Waals surface area (Å²) >= 11 is 6.38. The smallest absolute Gasteiger partial charge is 0.0471 e. The second-order valence-electron chi connectivity index (χ2n) is 6.01. The highest BCUT2D eigenvalue weighted by Crippen LogP contribution is 2.44. The third-order valence-electron chi connectivity index (χ3n) is 4.17. The molecule has 1 atom stereocenters. The van der Waals surface area contributed by atoms with Crippen molar-refractivity contribution in [1.82, 2.24) is 5.32 Å². The van der Waals surface area contributed by atoms with Gasteiger partial charge in [0.2, 0.25) is 0 Å². The fraction of sp³-hybridized carbons (Fsp3) is 0.600. The third-order valence-corrected chi connectivity index (χ3v) is 4.52. The van der Waals surface area contributed by atoms with E-state index in [9.17, 15) is 0 Å². The Bertz CT molecular complexity index is 454. The van der Waals surface area contributed by atoms with Crippen LogP contribution < -0.4 is 10.2 Å². The van der Waals surface area contributed by atoms with E-state index >= 15 is 0 Å². The highest BCUT2D eigenvalue weighted by atomic mass is 35.5. The summed E-state index contributed by atoms with van der Waals surface area (Å²) in [5.41, 5.74) is 4.09. The summed E-state index contributed by atoms with van der Waals surface area (Å²) in [5, 5.41) is 4.04. The molecule has 0 amide bonds. The number of fused-ring (bicyclic) bond motifs is 1. The van der Waals surface area contributed by atoms with Crippen LogP contribution in [0.3, 0.4) is 0 Å². The van der Waals surface area contributed by atoms with Gasteiger partial charge in [0.25, 0.3) is 0 Å². The molecule has 0 aromatic heterocycles. The second-order valence-corrected chi connectivity index (χ2v) is 6.42. The Hall–Kier alpha value is -0.730. The molecular weight excluding hydrogens is 244 g/mol. The van der Waals surface area contributed by atoms with Crippen LogP contribution in [-0.2, 0) is 6.54 Å². The van der Waals surface area contributed by atoms with Crippen LogP contribution in [0.1, 0.15) is 44.2 Å². The van der Waals surface area contributed by atoms with Crippen molar-refractivity contribution in [2.24, 2.45) is 0 Å². The molecule has 2 rings (SSSR count). The van der Waals surface area contributed by atoms with Crippen molar-refractivity contribution in [3.63, 3.8) is 0 Å². The molecule has 0 unspecified atom stereocenters. The van der Waals surface area contributed by atoms with E-state index in [1.807, 2.05) is 7.05 Å². The molecule has 18 heavy (non-hydrogen) atoms. The molecule has 1 aromatic rings. The Balaban J connectivity index is 2.51. The van der Waals surface area contributed by atoms with Gasteiger partial charge in [0.1, 0.15) is 0 Å². The Kier molecular flexibility index (Phi) is 3.61. The standard InChI is InChI=1S/C15H23ClN2/c1-10-8-15(2,3)18(5)14-7-13(16)11(9-17-4)6-12(10)14/h6-7,10,17H,8-9H2,1-5H3/t10-/m0/s1. The van der Waals surface area contributed by atoms with E-state index in [1.54, 1.807) is 0 Å². The summed E-state index contributed by atoms with van der Waals surface area (Å²) in [6.07, 6.45) is 1.18. The molecule has 1 aliphatic rings. The van der Waals surface area contributed by atoms with Crippen molar-refractivity contribution < 1.29 is 0 Å². The zero-order valence-electron chi connectivity index (χ0n) is 12.0. The van der Waals surface area contributed by atoms with Crippen LogP contribution in [0.25, 0.3) is 0 Å². The van der Waals surface area contributed by atoms with Gasteiger partial charge in [-0.25, -0.2) is 0 Å². The van der Waals surface area contributed by atoms with E-state index in [2.05, 4.69) is 50.2 Å². The maximum absolute atomic E-state index is 6.38. The van der Waals surface area contributed by atoms with E-state index < -0.39 is 0 Å². The van der Waals surface area contributed by atoms with Crippen molar-refractivity contribution in [2.75, 3.05) is 19.0 Å². The average molecular weight is 267 g/mol. The van der Waals surface area contributed by atoms with Crippen LogP contribution in [0.15, 0.2) is 12.1 Å². The maximum Gasteiger partial charge on any atom is 0.0471 e. The molecule has 0 saturated heterocycles. The molecule has 100 valence electrons. The molecule has 2 nitrogen and oxygen atoms in total. The summed E-state index contributed by atoms with van der Waals surface area (Å²) in [6, 6.07) is 4.39. The average Bonchev–Trinajstić information content (AvgIpc) is 2.28. The topological polar surface area (TPSA) is 15.3 Å². The van der Waals surface area contributed by atoms with Gasteiger partial charge < -0.3 is 10.2 Å². The predicted molar refractivity (Wildman–Crippen MR) is 79.7 cm³/mol. The molecule has 0 spiro atoms. The first-order chi connectivity index (χ1) is 8.36. The Morgan fingerprint density at radius 3 is 2.72 bits per heavy atom. The summed E-state index contributed by atoms with van der Waals surface area (Å²) in [7, 11) is 4.12. The Labute approximate surface area is 115 Å². The van der Waals surface area contributed by atoms with Crippen molar-refractivity contribution >= 4 is 17.3 Å². The second kappa shape index (κ2) is 4.75. The largest absolute Gasteiger partial charge is 0.369 e. The molecule has 0 fully saturated rings. The summed E-state index contributed by atoms with van der Waals surface area (Å²) < 4.78 is 0. The summed E-state index contributed by atoms with van der Waals surface area (Å²) in [5.74, 6) is 0.582. The third kappa shape index (κ3) is 2.24.